The van der Waals surface area contributed by atoms with E-state index in [-0.39, 0.29) is 30.0 Å². The Labute approximate surface area is 172 Å². The molecule has 3 rings (SSSR count). The molecule has 1 atom stereocenters. The normalized spacial score (nSPS) is 15.5. The van der Waals surface area contributed by atoms with Crippen molar-refractivity contribution in [3.8, 4) is 0 Å². The summed E-state index contributed by atoms with van der Waals surface area (Å²) in [7, 11) is 3.66. The maximum absolute atomic E-state index is 4.31. The third-order valence-corrected chi connectivity index (χ3v) is 4.64. The van der Waals surface area contributed by atoms with E-state index >= 15 is 0 Å². The lowest BCUT2D eigenvalue weighted by Gasteiger charge is -2.22. The Morgan fingerprint density at radius 2 is 2.08 bits per heavy atom. The van der Waals surface area contributed by atoms with Crippen LogP contribution < -0.4 is 15.5 Å². The van der Waals surface area contributed by atoms with E-state index in [1.54, 1.807) is 18.1 Å². The molecule has 2 N–H and O–H groups in total. The number of nitrogens with one attached hydrogen (secondary N) is 2. The summed E-state index contributed by atoms with van der Waals surface area (Å²) in [6.45, 7) is 5.05. The number of hydrogen-bond donors (Lipinski definition) is 2. The zero-order valence-electron chi connectivity index (χ0n) is 15.6. The van der Waals surface area contributed by atoms with Gasteiger partial charge in [0.25, 0.3) is 0 Å². The molecule has 1 aromatic heterocycles. The van der Waals surface area contributed by atoms with Crippen LogP contribution in [0.15, 0.2) is 35.6 Å². The third kappa shape index (κ3) is 5.09. The van der Waals surface area contributed by atoms with Crippen molar-refractivity contribution in [1.82, 2.24) is 25.4 Å². The molecular formula is C18H28IN7. The molecule has 1 fully saturated rings. The molecule has 7 nitrogen and oxygen atoms in total. The molecule has 0 radical (unpaired) electrons. The van der Waals surface area contributed by atoms with Gasteiger partial charge in [-0.3, -0.25) is 9.67 Å². The van der Waals surface area contributed by atoms with Gasteiger partial charge in [0, 0.05) is 32.9 Å². The van der Waals surface area contributed by atoms with Gasteiger partial charge >= 0.3 is 0 Å². The fraction of sp³-hybridized carbons (Fsp3) is 0.500. The highest BCUT2D eigenvalue weighted by molar-refractivity contribution is 14.0. The second-order valence-corrected chi connectivity index (χ2v) is 6.38. The number of guanidine groups is 1. The Bertz CT molecular complexity index is 722. The maximum atomic E-state index is 4.31. The number of aliphatic imine (C=N–C) groups is 1. The van der Waals surface area contributed by atoms with Crippen LogP contribution in [-0.2, 0) is 13.6 Å². The minimum Gasteiger partial charge on any atom is -0.372 e. The van der Waals surface area contributed by atoms with Crippen LogP contribution in [0.2, 0.25) is 0 Å². The van der Waals surface area contributed by atoms with E-state index in [1.165, 1.54) is 24.1 Å². The van der Waals surface area contributed by atoms with Gasteiger partial charge in [-0.15, -0.1) is 24.0 Å². The molecule has 1 saturated heterocycles. The van der Waals surface area contributed by atoms with Crippen molar-refractivity contribution < 1.29 is 0 Å². The lowest BCUT2D eigenvalue weighted by Crippen LogP contribution is -2.38. The number of anilines is 1. The summed E-state index contributed by atoms with van der Waals surface area (Å²) in [5.41, 5.74) is 2.57. The Balaban J connectivity index is 0.00000243. The van der Waals surface area contributed by atoms with Gasteiger partial charge in [0.15, 0.2) is 5.96 Å². The molecule has 0 bridgehead atoms. The summed E-state index contributed by atoms with van der Waals surface area (Å²) < 4.78 is 1.75. The number of nitrogens with zero attached hydrogens (tertiary/aromatic N) is 5. The van der Waals surface area contributed by atoms with E-state index in [0.29, 0.717) is 6.54 Å². The highest BCUT2D eigenvalue weighted by atomic mass is 127. The largest absolute Gasteiger partial charge is 0.372 e. The number of aromatic nitrogens is 3. The van der Waals surface area contributed by atoms with Crippen molar-refractivity contribution in [3.63, 3.8) is 0 Å². The molecule has 2 aromatic rings. The highest BCUT2D eigenvalue weighted by Crippen LogP contribution is 2.23. The van der Waals surface area contributed by atoms with Crippen molar-refractivity contribution in [3.05, 3.63) is 42.0 Å². The Morgan fingerprint density at radius 1 is 1.31 bits per heavy atom. The Morgan fingerprint density at radius 3 is 2.73 bits per heavy atom. The van der Waals surface area contributed by atoms with Crippen LogP contribution in [-0.4, -0.2) is 40.9 Å². The van der Waals surface area contributed by atoms with Crippen LogP contribution in [0.5, 0.6) is 0 Å². The van der Waals surface area contributed by atoms with Gasteiger partial charge < -0.3 is 15.5 Å². The minimum atomic E-state index is 0. The van der Waals surface area contributed by atoms with Crippen LogP contribution in [0.3, 0.4) is 0 Å². The summed E-state index contributed by atoms with van der Waals surface area (Å²) >= 11 is 0. The first-order valence-corrected chi connectivity index (χ1v) is 8.82. The predicted octanol–water partition coefficient (Wildman–Crippen LogP) is 2.46. The van der Waals surface area contributed by atoms with Gasteiger partial charge in [-0.25, -0.2) is 4.98 Å². The molecule has 1 aromatic carbocycles. The lowest BCUT2D eigenvalue weighted by atomic mass is 10.1. The van der Waals surface area contributed by atoms with Crippen molar-refractivity contribution in [2.75, 3.05) is 25.0 Å². The monoisotopic (exact) mass is 469 g/mol. The number of rotatable bonds is 5. The molecule has 26 heavy (non-hydrogen) atoms. The zero-order chi connectivity index (χ0) is 17.6. The SMILES string of the molecule is CN=C(NCc1ncnn1C)NC(C)c1cccc(N2CCCC2)c1.I. The zero-order valence-corrected chi connectivity index (χ0v) is 18.0. The molecule has 0 amide bonds. The average molecular weight is 469 g/mol. The molecule has 1 unspecified atom stereocenters. The molecule has 1 aliphatic heterocycles. The summed E-state index contributed by atoms with van der Waals surface area (Å²) in [5.74, 6) is 1.62. The molecule has 0 spiro atoms. The number of hydrogen-bond acceptors (Lipinski definition) is 4. The van der Waals surface area contributed by atoms with E-state index in [2.05, 4.69) is 61.8 Å². The van der Waals surface area contributed by atoms with Crippen LogP contribution >= 0.6 is 24.0 Å². The number of aryl methyl sites for hydroxylation is 1. The molecule has 8 heteroatoms. The molecule has 142 valence electrons. The van der Waals surface area contributed by atoms with Gasteiger partial charge in [-0.05, 0) is 37.5 Å². The fourth-order valence-electron chi connectivity index (χ4n) is 3.09. The Hall–Kier alpha value is -1.84. The second kappa shape index (κ2) is 9.75. The van der Waals surface area contributed by atoms with Crippen LogP contribution in [0.4, 0.5) is 5.69 Å². The van der Waals surface area contributed by atoms with Crippen LogP contribution in [0, 0.1) is 0 Å². The van der Waals surface area contributed by atoms with E-state index in [0.717, 1.165) is 24.9 Å². The first-order valence-electron chi connectivity index (χ1n) is 8.82. The quantitative estimate of drug-likeness (QED) is 0.400. The summed E-state index contributed by atoms with van der Waals surface area (Å²) in [6, 6.07) is 8.93. The lowest BCUT2D eigenvalue weighted by molar-refractivity contribution is 0.651. The van der Waals surface area contributed by atoms with Crippen molar-refractivity contribution >= 4 is 35.6 Å². The molecule has 1 aliphatic rings. The van der Waals surface area contributed by atoms with E-state index in [1.807, 2.05) is 7.05 Å². The van der Waals surface area contributed by atoms with E-state index in [4.69, 9.17) is 0 Å². The summed E-state index contributed by atoms with van der Waals surface area (Å²) in [5, 5.41) is 10.8. The van der Waals surface area contributed by atoms with Crippen molar-refractivity contribution in [2.24, 2.45) is 12.0 Å². The molecule has 2 heterocycles. The highest BCUT2D eigenvalue weighted by Gasteiger charge is 2.14. The number of halogens is 1. The minimum absolute atomic E-state index is 0. The number of benzene rings is 1. The van der Waals surface area contributed by atoms with Gasteiger partial charge in [0.05, 0.1) is 12.6 Å². The van der Waals surface area contributed by atoms with Crippen LogP contribution in [0.1, 0.15) is 37.2 Å². The average Bonchev–Trinajstić information content (AvgIpc) is 3.30. The predicted molar refractivity (Wildman–Crippen MR) is 116 cm³/mol. The smallest absolute Gasteiger partial charge is 0.191 e. The first kappa shape index (κ1) is 20.5. The summed E-state index contributed by atoms with van der Waals surface area (Å²) in [4.78, 5) is 11.0. The third-order valence-electron chi connectivity index (χ3n) is 4.64. The van der Waals surface area contributed by atoms with Crippen molar-refractivity contribution in [1.29, 1.82) is 0 Å². The standard InChI is InChI=1S/C18H27N7.HI/c1-14(15-7-6-8-16(11-15)25-9-4-5-10-25)23-18(19-2)20-12-17-21-13-22-24(17)3;/h6-8,11,13-14H,4-5,9-10,12H2,1-3H3,(H2,19,20,23);1H. The summed E-state index contributed by atoms with van der Waals surface area (Å²) in [6.07, 6.45) is 4.13. The maximum Gasteiger partial charge on any atom is 0.191 e. The van der Waals surface area contributed by atoms with Crippen molar-refractivity contribution in [2.45, 2.75) is 32.4 Å². The fourth-order valence-corrected chi connectivity index (χ4v) is 3.09. The molecule has 0 saturated carbocycles. The van der Waals surface area contributed by atoms with E-state index in [9.17, 15) is 0 Å². The van der Waals surface area contributed by atoms with Crippen LogP contribution in [0.25, 0.3) is 0 Å². The van der Waals surface area contributed by atoms with Gasteiger partial charge in [0.1, 0.15) is 12.2 Å². The molecular weight excluding hydrogens is 441 g/mol. The van der Waals surface area contributed by atoms with E-state index < -0.39 is 0 Å². The van der Waals surface area contributed by atoms with Gasteiger partial charge in [-0.1, -0.05) is 12.1 Å². The first-order chi connectivity index (χ1) is 12.2. The van der Waals surface area contributed by atoms with Gasteiger partial charge in [-0.2, -0.15) is 5.10 Å². The Kier molecular flexibility index (Phi) is 7.67. The second-order valence-electron chi connectivity index (χ2n) is 6.38. The topological polar surface area (TPSA) is 70.4 Å². The molecule has 0 aliphatic carbocycles. The van der Waals surface area contributed by atoms with Gasteiger partial charge in [0.2, 0.25) is 0 Å².